The van der Waals surface area contributed by atoms with Crippen molar-refractivity contribution in [1.29, 1.82) is 0 Å². The highest BCUT2D eigenvalue weighted by atomic mass is 16.5. The number of nitrogens with zero attached hydrogens (tertiary/aromatic N) is 3. The van der Waals surface area contributed by atoms with Gasteiger partial charge in [0.25, 0.3) is 5.91 Å². The van der Waals surface area contributed by atoms with Gasteiger partial charge in [-0.1, -0.05) is 0 Å². The van der Waals surface area contributed by atoms with E-state index in [1.54, 1.807) is 12.1 Å². The Morgan fingerprint density at radius 1 is 1.33 bits per heavy atom. The highest BCUT2D eigenvalue weighted by Crippen LogP contribution is 2.29. The smallest absolute Gasteiger partial charge is 0.251 e. The van der Waals surface area contributed by atoms with Crippen LogP contribution >= 0.6 is 0 Å². The van der Waals surface area contributed by atoms with Gasteiger partial charge in [0.05, 0.1) is 12.6 Å². The molecule has 1 N–H and O–H groups in total. The molecular formula is C18H22N4O2. The number of aryl methyl sites for hydroxylation is 1. The Balaban J connectivity index is 1.37. The molecule has 4 rings (SSSR count). The Morgan fingerprint density at radius 2 is 2.12 bits per heavy atom. The number of ether oxygens (including phenoxy) is 1. The van der Waals surface area contributed by atoms with Crippen molar-refractivity contribution >= 4 is 5.91 Å². The predicted octanol–water partition coefficient (Wildman–Crippen LogP) is 2.50. The lowest BCUT2D eigenvalue weighted by Gasteiger charge is -2.14. The minimum absolute atomic E-state index is 0.105. The Morgan fingerprint density at radius 3 is 2.88 bits per heavy atom. The molecule has 1 fully saturated rings. The van der Waals surface area contributed by atoms with Gasteiger partial charge in [0.15, 0.2) is 5.82 Å². The number of aromatic nitrogens is 3. The van der Waals surface area contributed by atoms with E-state index in [0.717, 1.165) is 49.3 Å². The summed E-state index contributed by atoms with van der Waals surface area (Å²) in [5.74, 6) is 3.29. The van der Waals surface area contributed by atoms with E-state index < -0.39 is 0 Å². The monoisotopic (exact) mass is 326 g/mol. The van der Waals surface area contributed by atoms with Crippen LogP contribution in [-0.2, 0) is 13.0 Å². The van der Waals surface area contributed by atoms with E-state index in [2.05, 4.69) is 20.1 Å². The van der Waals surface area contributed by atoms with Crippen molar-refractivity contribution in [3.05, 3.63) is 41.5 Å². The lowest BCUT2D eigenvalue weighted by molar-refractivity contribution is 0.0937. The molecule has 0 saturated heterocycles. The summed E-state index contributed by atoms with van der Waals surface area (Å²) in [5.41, 5.74) is 0.627. The summed E-state index contributed by atoms with van der Waals surface area (Å²) >= 11 is 0. The number of benzene rings is 1. The molecule has 126 valence electrons. The summed E-state index contributed by atoms with van der Waals surface area (Å²) in [4.78, 5) is 12.4. The summed E-state index contributed by atoms with van der Waals surface area (Å²) in [6.45, 7) is 3.66. The molecule has 1 aliphatic carbocycles. The normalized spacial score (nSPS) is 17.4. The first-order valence-corrected chi connectivity index (χ1v) is 8.66. The largest absolute Gasteiger partial charge is 0.493 e. The van der Waals surface area contributed by atoms with E-state index >= 15 is 0 Å². The van der Waals surface area contributed by atoms with Crippen LogP contribution in [0.5, 0.6) is 5.75 Å². The second-order valence-corrected chi connectivity index (χ2v) is 6.70. The molecule has 0 radical (unpaired) electrons. The van der Waals surface area contributed by atoms with Crippen molar-refractivity contribution in [2.75, 3.05) is 6.61 Å². The third-order valence-corrected chi connectivity index (χ3v) is 4.67. The minimum Gasteiger partial charge on any atom is -0.493 e. The molecule has 1 aromatic heterocycles. The summed E-state index contributed by atoms with van der Waals surface area (Å²) in [5, 5.41) is 11.4. The van der Waals surface area contributed by atoms with Crippen LogP contribution < -0.4 is 10.1 Å². The fourth-order valence-electron chi connectivity index (χ4n) is 3.04. The third-order valence-electron chi connectivity index (χ3n) is 4.67. The first-order valence-electron chi connectivity index (χ1n) is 8.66. The van der Waals surface area contributed by atoms with E-state index in [4.69, 9.17) is 4.74 Å². The lowest BCUT2D eigenvalue weighted by atomic mass is 10.2. The van der Waals surface area contributed by atoms with E-state index in [0.29, 0.717) is 5.56 Å². The molecule has 24 heavy (non-hydrogen) atoms. The van der Waals surface area contributed by atoms with Gasteiger partial charge in [-0.3, -0.25) is 4.79 Å². The van der Waals surface area contributed by atoms with E-state index in [1.807, 2.05) is 19.1 Å². The van der Waals surface area contributed by atoms with Crippen LogP contribution in [0.15, 0.2) is 24.3 Å². The molecule has 1 aromatic carbocycles. The Hall–Kier alpha value is -2.37. The molecule has 1 aliphatic heterocycles. The van der Waals surface area contributed by atoms with Crippen LogP contribution in [0.3, 0.4) is 0 Å². The fourth-order valence-corrected chi connectivity index (χ4v) is 3.04. The molecule has 6 nitrogen and oxygen atoms in total. The maximum atomic E-state index is 12.4. The van der Waals surface area contributed by atoms with Gasteiger partial charge >= 0.3 is 0 Å². The first-order chi connectivity index (χ1) is 11.7. The standard InChI is InChI=1S/C18H22N4O2/c1-12(17-21-20-16-3-2-10-22(16)17)19-18(23)14-6-8-15(9-7-14)24-11-13-4-5-13/h6-9,12-13H,2-5,10-11H2,1H3,(H,19,23). The molecule has 1 atom stereocenters. The second kappa shape index (κ2) is 6.26. The average molecular weight is 326 g/mol. The van der Waals surface area contributed by atoms with Gasteiger partial charge in [0.2, 0.25) is 0 Å². The highest BCUT2D eigenvalue weighted by Gasteiger charge is 2.23. The molecule has 1 unspecified atom stereocenters. The summed E-state index contributed by atoms with van der Waals surface area (Å²) < 4.78 is 7.81. The molecule has 0 spiro atoms. The maximum absolute atomic E-state index is 12.4. The SMILES string of the molecule is CC(NC(=O)c1ccc(OCC2CC2)cc1)c1nnc2n1CCC2. The van der Waals surface area contributed by atoms with Gasteiger partial charge in [-0.2, -0.15) is 0 Å². The van der Waals surface area contributed by atoms with Crippen molar-refractivity contribution in [2.45, 2.75) is 45.2 Å². The number of carbonyl (C=O) groups is 1. The molecule has 0 bridgehead atoms. The van der Waals surface area contributed by atoms with Crippen molar-refractivity contribution < 1.29 is 9.53 Å². The molecule has 6 heteroatoms. The van der Waals surface area contributed by atoms with Crippen LogP contribution in [-0.4, -0.2) is 27.3 Å². The number of fused-ring (bicyclic) bond motifs is 1. The summed E-state index contributed by atoms with van der Waals surface area (Å²) in [7, 11) is 0. The van der Waals surface area contributed by atoms with Crippen LogP contribution in [0.2, 0.25) is 0 Å². The second-order valence-electron chi connectivity index (χ2n) is 6.70. The minimum atomic E-state index is -0.164. The molecule has 2 aromatic rings. The van der Waals surface area contributed by atoms with Gasteiger partial charge in [0.1, 0.15) is 11.6 Å². The maximum Gasteiger partial charge on any atom is 0.251 e. The number of hydrogen-bond acceptors (Lipinski definition) is 4. The lowest BCUT2D eigenvalue weighted by Crippen LogP contribution is -2.28. The van der Waals surface area contributed by atoms with Crippen molar-refractivity contribution in [1.82, 2.24) is 20.1 Å². The zero-order chi connectivity index (χ0) is 16.5. The van der Waals surface area contributed by atoms with E-state index in [1.165, 1.54) is 12.8 Å². The zero-order valence-electron chi connectivity index (χ0n) is 13.9. The van der Waals surface area contributed by atoms with Crippen molar-refractivity contribution in [3.63, 3.8) is 0 Å². The molecule has 2 heterocycles. The van der Waals surface area contributed by atoms with Crippen LogP contribution in [0.1, 0.15) is 54.2 Å². The quantitative estimate of drug-likeness (QED) is 0.885. The number of amides is 1. The van der Waals surface area contributed by atoms with Crippen LogP contribution in [0, 0.1) is 5.92 Å². The van der Waals surface area contributed by atoms with Gasteiger partial charge in [-0.05, 0) is 56.4 Å². The first kappa shape index (κ1) is 15.2. The molecular weight excluding hydrogens is 304 g/mol. The summed E-state index contributed by atoms with van der Waals surface area (Å²) in [6, 6.07) is 7.16. The zero-order valence-corrected chi connectivity index (χ0v) is 13.9. The predicted molar refractivity (Wildman–Crippen MR) is 88.9 cm³/mol. The fraction of sp³-hybridized carbons (Fsp3) is 0.500. The van der Waals surface area contributed by atoms with E-state index in [-0.39, 0.29) is 11.9 Å². The molecule has 1 amide bonds. The van der Waals surface area contributed by atoms with Gasteiger partial charge in [-0.25, -0.2) is 0 Å². The van der Waals surface area contributed by atoms with Gasteiger partial charge in [-0.15, -0.1) is 10.2 Å². The van der Waals surface area contributed by atoms with Crippen molar-refractivity contribution in [2.24, 2.45) is 5.92 Å². The Bertz CT molecular complexity index is 734. The number of nitrogens with one attached hydrogen (secondary N) is 1. The average Bonchev–Trinajstić information content (AvgIpc) is 3.14. The number of rotatable bonds is 6. The molecule has 2 aliphatic rings. The van der Waals surface area contributed by atoms with Gasteiger partial charge < -0.3 is 14.6 Å². The Labute approximate surface area is 141 Å². The van der Waals surface area contributed by atoms with E-state index in [9.17, 15) is 4.79 Å². The van der Waals surface area contributed by atoms with Crippen molar-refractivity contribution in [3.8, 4) is 5.75 Å². The third kappa shape index (κ3) is 3.13. The topological polar surface area (TPSA) is 69.0 Å². The number of carbonyl (C=O) groups excluding carboxylic acids is 1. The summed E-state index contributed by atoms with van der Waals surface area (Å²) in [6.07, 6.45) is 4.60. The Kier molecular flexibility index (Phi) is 3.96. The molecule has 1 saturated carbocycles. The van der Waals surface area contributed by atoms with Crippen LogP contribution in [0.4, 0.5) is 0 Å². The van der Waals surface area contributed by atoms with Gasteiger partial charge in [0, 0.05) is 18.5 Å². The number of hydrogen-bond donors (Lipinski definition) is 1. The highest BCUT2D eigenvalue weighted by molar-refractivity contribution is 5.94. The van der Waals surface area contributed by atoms with Crippen LogP contribution in [0.25, 0.3) is 0 Å².